The van der Waals surface area contributed by atoms with Crippen molar-refractivity contribution in [2.24, 2.45) is 7.05 Å². The molecule has 0 atom stereocenters. The standard InChI is InChI=1S/C14H17FN4O2/c1-9(2)14-10(8-18(3)17-14)7-16-12-6-11(15)4-5-13(12)19(20)21/h4-6,8-9,16H,7H2,1-3H3. The number of halogens is 1. The van der Waals surface area contributed by atoms with Crippen LogP contribution in [0.1, 0.15) is 31.0 Å². The average molecular weight is 292 g/mol. The van der Waals surface area contributed by atoms with Crippen molar-refractivity contribution in [2.75, 3.05) is 5.32 Å². The average Bonchev–Trinajstić information content (AvgIpc) is 2.77. The van der Waals surface area contributed by atoms with E-state index in [9.17, 15) is 14.5 Å². The lowest BCUT2D eigenvalue weighted by atomic mass is 10.1. The molecular weight excluding hydrogens is 275 g/mol. The zero-order chi connectivity index (χ0) is 15.6. The van der Waals surface area contributed by atoms with Crippen LogP contribution in [-0.2, 0) is 13.6 Å². The zero-order valence-corrected chi connectivity index (χ0v) is 12.1. The molecule has 1 aromatic carbocycles. The van der Waals surface area contributed by atoms with E-state index in [1.807, 2.05) is 27.1 Å². The van der Waals surface area contributed by atoms with Crippen molar-refractivity contribution >= 4 is 11.4 Å². The van der Waals surface area contributed by atoms with E-state index in [1.54, 1.807) is 4.68 Å². The van der Waals surface area contributed by atoms with E-state index < -0.39 is 10.7 Å². The first kappa shape index (κ1) is 15.0. The van der Waals surface area contributed by atoms with E-state index >= 15 is 0 Å². The minimum atomic E-state index is -0.533. The first-order chi connectivity index (χ1) is 9.88. The van der Waals surface area contributed by atoms with Gasteiger partial charge in [0.05, 0.1) is 10.6 Å². The number of aromatic nitrogens is 2. The molecule has 0 bridgehead atoms. The van der Waals surface area contributed by atoms with Gasteiger partial charge >= 0.3 is 0 Å². The van der Waals surface area contributed by atoms with Gasteiger partial charge in [-0.1, -0.05) is 13.8 Å². The van der Waals surface area contributed by atoms with E-state index in [4.69, 9.17) is 0 Å². The fourth-order valence-corrected chi connectivity index (χ4v) is 2.18. The molecule has 0 aliphatic heterocycles. The fourth-order valence-electron chi connectivity index (χ4n) is 2.18. The van der Waals surface area contributed by atoms with Gasteiger partial charge in [-0.15, -0.1) is 0 Å². The molecule has 0 spiro atoms. The van der Waals surface area contributed by atoms with Gasteiger partial charge in [-0.25, -0.2) is 4.39 Å². The SMILES string of the molecule is CC(C)c1nn(C)cc1CNc1cc(F)ccc1[N+](=O)[O-]. The number of hydrogen-bond donors (Lipinski definition) is 1. The molecule has 2 rings (SSSR count). The van der Waals surface area contributed by atoms with Crippen LogP contribution in [0.3, 0.4) is 0 Å². The Labute approximate surface area is 121 Å². The van der Waals surface area contributed by atoms with Crippen molar-refractivity contribution in [3.8, 4) is 0 Å². The van der Waals surface area contributed by atoms with Gasteiger partial charge in [0.1, 0.15) is 11.5 Å². The van der Waals surface area contributed by atoms with Crippen LogP contribution in [0.15, 0.2) is 24.4 Å². The minimum Gasteiger partial charge on any atom is -0.375 e. The van der Waals surface area contributed by atoms with Crippen LogP contribution in [0, 0.1) is 15.9 Å². The first-order valence-corrected chi connectivity index (χ1v) is 6.58. The topological polar surface area (TPSA) is 73.0 Å². The summed E-state index contributed by atoms with van der Waals surface area (Å²) in [7, 11) is 1.82. The summed E-state index contributed by atoms with van der Waals surface area (Å²) in [5.74, 6) is -0.274. The molecule has 0 radical (unpaired) electrons. The Balaban J connectivity index is 2.24. The van der Waals surface area contributed by atoms with Crippen LogP contribution in [0.5, 0.6) is 0 Å². The zero-order valence-electron chi connectivity index (χ0n) is 12.1. The second-order valence-electron chi connectivity index (χ2n) is 5.14. The molecule has 7 heteroatoms. The van der Waals surface area contributed by atoms with E-state index in [1.165, 1.54) is 0 Å². The van der Waals surface area contributed by atoms with E-state index in [0.717, 1.165) is 29.5 Å². The van der Waals surface area contributed by atoms with E-state index in [2.05, 4.69) is 10.4 Å². The Morgan fingerprint density at radius 2 is 2.19 bits per heavy atom. The summed E-state index contributed by atoms with van der Waals surface area (Å²) in [4.78, 5) is 10.4. The lowest BCUT2D eigenvalue weighted by Gasteiger charge is -2.08. The van der Waals surface area contributed by atoms with E-state index in [0.29, 0.717) is 6.54 Å². The van der Waals surface area contributed by atoms with Gasteiger partial charge in [0.25, 0.3) is 5.69 Å². The Hall–Kier alpha value is -2.44. The normalized spacial score (nSPS) is 10.9. The molecule has 6 nitrogen and oxygen atoms in total. The number of nitro benzene ring substituents is 1. The van der Waals surface area contributed by atoms with E-state index in [-0.39, 0.29) is 17.3 Å². The molecule has 0 fully saturated rings. The summed E-state index contributed by atoms with van der Waals surface area (Å²) >= 11 is 0. The smallest absolute Gasteiger partial charge is 0.292 e. The van der Waals surface area contributed by atoms with Crippen LogP contribution < -0.4 is 5.32 Å². The molecule has 1 heterocycles. The lowest BCUT2D eigenvalue weighted by molar-refractivity contribution is -0.384. The third-order valence-electron chi connectivity index (χ3n) is 3.11. The van der Waals surface area contributed by atoms with Gasteiger partial charge in [-0.3, -0.25) is 14.8 Å². The number of nitrogens with one attached hydrogen (secondary N) is 1. The van der Waals surface area contributed by atoms with Crippen LogP contribution in [-0.4, -0.2) is 14.7 Å². The highest BCUT2D eigenvalue weighted by Gasteiger charge is 2.16. The number of hydrogen-bond acceptors (Lipinski definition) is 4. The highest BCUT2D eigenvalue weighted by Crippen LogP contribution is 2.26. The van der Waals surface area contributed by atoms with Gasteiger partial charge in [-0.2, -0.15) is 5.10 Å². The highest BCUT2D eigenvalue weighted by molar-refractivity contribution is 5.61. The summed E-state index contributed by atoms with van der Waals surface area (Å²) in [6, 6.07) is 3.36. The van der Waals surface area contributed by atoms with Crippen LogP contribution in [0.25, 0.3) is 0 Å². The molecule has 1 aromatic heterocycles. The molecule has 2 aromatic rings. The molecule has 0 saturated heterocycles. The third kappa shape index (κ3) is 3.36. The summed E-state index contributed by atoms with van der Waals surface area (Å²) in [5, 5.41) is 18.2. The summed E-state index contributed by atoms with van der Waals surface area (Å²) in [6.45, 7) is 4.40. The fraction of sp³-hybridized carbons (Fsp3) is 0.357. The van der Waals surface area contributed by atoms with Gasteiger partial charge in [0.15, 0.2) is 0 Å². The second kappa shape index (κ2) is 5.90. The third-order valence-corrected chi connectivity index (χ3v) is 3.11. The van der Waals surface area contributed by atoms with Crippen molar-refractivity contribution in [3.05, 3.63) is 51.6 Å². The maximum absolute atomic E-state index is 13.3. The highest BCUT2D eigenvalue weighted by atomic mass is 19.1. The quantitative estimate of drug-likeness (QED) is 0.678. The Kier molecular flexibility index (Phi) is 4.21. The van der Waals surface area contributed by atoms with Gasteiger partial charge in [0, 0.05) is 37.5 Å². The maximum atomic E-state index is 13.3. The van der Waals surface area contributed by atoms with Crippen LogP contribution in [0.4, 0.5) is 15.8 Å². The van der Waals surface area contributed by atoms with Crippen LogP contribution in [0.2, 0.25) is 0 Å². The minimum absolute atomic E-state index is 0.147. The van der Waals surface area contributed by atoms with Crippen molar-refractivity contribution < 1.29 is 9.31 Å². The molecule has 0 saturated carbocycles. The van der Waals surface area contributed by atoms with Gasteiger partial charge in [-0.05, 0) is 12.0 Å². The number of nitrogens with zero attached hydrogens (tertiary/aromatic N) is 3. The second-order valence-corrected chi connectivity index (χ2v) is 5.14. The number of aryl methyl sites for hydroxylation is 1. The number of nitro groups is 1. The number of rotatable bonds is 5. The molecule has 1 N–H and O–H groups in total. The Bertz CT molecular complexity index is 667. The molecule has 0 unspecified atom stereocenters. The number of benzene rings is 1. The van der Waals surface area contributed by atoms with Crippen molar-refractivity contribution in [2.45, 2.75) is 26.3 Å². The first-order valence-electron chi connectivity index (χ1n) is 6.58. The lowest BCUT2D eigenvalue weighted by Crippen LogP contribution is -2.05. The predicted octanol–water partition coefficient (Wildman–Crippen LogP) is 3.20. The summed E-state index contributed by atoms with van der Waals surface area (Å²) in [6.07, 6.45) is 1.85. The van der Waals surface area contributed by atoms with Gasteiger partial charge < -0.3 is 5.32 Å². The molecule has 21 heavy (non-hydrogen) atoms. The van der Waals surface area contributed by atoms with Gasteiger partial charge in [0.2, 0.25) is 0 Å². The monoisotopic (exact) mass is 292 g/mol. The Morgan fingerprint density at radius 3 is 2.81 bits per heavy atom. The van der Waals surface area contributed by atoms with Crippen molar-refractivity contribution in [3.63, 3.8) is 0 Å². The largest absolute Gasteiger partial charge is 0.375 e. The predicted molar refractivity (Wildman–Crippen MR) is 77.7 cm³/mol. The molecule has 0 aliphatic carbocycles. The van der Waals surface area contributed by atoms with Crippen LogP contribution >= 0.6 is 0 Å². The number of anilines is 1. The van der Waals surface area contributed by atoms with Crippen molar-refractivity contribution in [1.82, 2.24) is 9.78 Å². The summed E-state index contributed by atoms with van der Waals surface area (Å²) < 4.78 is 15.0. The molecule has 0 amide bonds. The molecule has 112 valence electrons. The maximum Gasteiger partial charge on any atom is 0.292 e. The Morgan fingerprint density at radius 1 is 1.48 bits per heavy atom. The molecular formula is C14H17FN4O2. The van der Waals surface area contributed by atoms with Crippen molar-refractivity contribution in [1.29, 1.82) is 0 Å². The summed E-state index contributed by atoms with van der Waals surface area (Å²) in [5.41, 5.74) is 1.88. The molecule has 0 aliphatic rings.